The fourth-order valence-electron chi connectivity index (χ4n) is 3.46. The summed E-state index contributed by atoms with van der Waals surface area (Å²) in [5.74, 6) is -0.298. The summed E-state index contributed by atoms with van der Waals surface area (Å²) >= 11 is 0. The Hall–Kier alpha value is -2.53. The Kier molecular flexibility index (Phi) is 3.23. The molecule has 0 saturated carbocycles. The Morgan fingerprint density at radius 1 is 1.13 bits per heavy atom. The summed E-state index contributed by atoms with van der Waals surface area (Å²) in [4.78, 5) is 27.7. The number of amides is 1. The van der Waals surface area contributed by atoms with Crippen molar-refractivity contribution in [1.82, 2.24) is 4.98 Å². The molecule has 0 spiro atoms. The van der Waals surface area contributed by atoms with Gasteiger partial charge in [-0.2, -0.15) is 0 Å². The molecule has 1 aliphatic heterocycles. The van der Waals surface area contributed by atoms with Gasteiger partial charge < -0.3 is 10.5 Å². The van der Waals surface area contributed by atoms with Gasteiger partial charge in [-0.15, -0.1) is 0 Å². The molecular weight excluding hydrogens is 292 g/mol. The third-order valence-corrected chi connectivity index (χ3v) is 4.61. The molecule has 0 saturated heterocycles. The smallest absolute Gasteiger partial charge is 0.267 e. The molecular formula is C18H16N2O3. The van der Waals surface area contributed by atoms with Crippen molar-refractivity contribution in [1.29, 1.82) is 0 Å². The van der Waals surface area contributed by atoms with Crippen LogP contribution < -0.4 is 5.73 Å². The van der Waals surface area contributed by atoms with Gasteiger partial charge in [0.25, 0.3) is 5.91 Å². The van der Waals surface area contributed by atoms with Crippen LogP contribution in [0.3, 0.4) is 0 Å². The molecule has 1 amide bonds. The summed E-state index contributed by atoms with van der Waals surface area (Å²) in [5, 5.41) is 0. The van der Waals surface area contributed by atoms with Crippen molar-refractivity contribution >= 4 is 11.7 Å². The first kappa shape index (κ1) is 14.1. The Labute approximate surface area is 133 Å². The predicted octanol–water partition coefficient (Wildman–Crippen LogP) is 2.05. The third-order valence-electron chi connectivity index (χ3n) is 4.61. The van der Waals surface area contributed by atoms with E-state index in [0.29, 0.717) is 31.7 Å². The number of pyridine rings is 1. The largest absolute Gasteiger partial charge is 0.376 e. The molecule has 2 N–H and O–H groups in total. The molecule has 4 rings (SSSR count). The second-order valence-corrected chi connectivity index (χ2v) is 5.94. The minimum atomic E-state index is -0.505. The highest BCUT2D eigenvalue weighted by molar-refractivity contribution is 6.01. The number of nitrogens with zero attached hydrogens (tertiary/aromatic N) is 1. The van der Waals surface area contributed by atoms with Gasteiger partial charge in [0, 0.05) is 23.7 Å². The number of ketones is 1. The van der Waals surface area contributed by atoms with Crippen LogP contribution in [0.1, 0.15) is 44.0 Å². The van der Waals surface area contributed by atoms with E-state index in [9.17, 15) is 9.59 Å². The number of carbonyl (C=O) groups is 2. The van der Waals surface area contributed by atoms with Crippen LogP contribution in [0.15, 0.2) is 24.4 Å². The molecule has 0 fully saturated rings. The standard InChI is InChI=1S/C18H16N2O3/c19-18(22)17-13-5-6-23-9-15(13)14(8-20-17)11-1-3-12-10(7-11)2-4-16(12)21/h1,3,7-8H,2,4-6,9H2,(H2,19,22). The number of nitrogens with two attached hydrogens (primary N) is 1. The lowest BCUT2D eigenvalue weighted by Crippen LogP contribution is -2.21. The highest BCUT2D eigenvalue weighted by Crippen LogP contribution is 2.33. The number of hydrogen-bond donors (Lipinski definition) is 1. The molecule has 0 radical (unpaired) electrons. The van der Waals surface area contributed by atoms with Crippen LogP contribution in [-0.2, 0) is 24.2 Å². The van der Waals surface area contributed by atoms with E-state index in [4.69, 9.17) is 10.5 Å². The van der Waals surface area contributed by atoms with Crippen LogP contribution in [0.4, 0.5) is 0 Å². The molecule has 116 valence electrons. The van der Waals surface area contributed by atoms with Crippen molar-refractivity contribution in [2.45, 2.75) is 25.9 Å². The van der Waals surface area contributed by atoms with Gasteiger partial charge in [0.1, 0.15) is 5.69 Å². The topological polar surface area (TPSA) is 82.3 Å². The van der Waals surface area contributed by atoms with Gasteiger partial charge in [-0.1, -0.05) is 18.2 Å². The zero-order valence-corrected chi connectivity index (χ0v) is 12.6. The van der Waals surface area contributed by atoms with Crippen molar-refractivity contribution in [3.05, 3.63) is 52.3 Å². The highest BCUT2D eigenvalue weighted by atomic mass is 16.5. The zero-order chi connectivity index (χ0) is 16.0. The normalized spacial score (nSPS) is 16.1. The lowest BCUT2D eigenvalue weighted by atomic mass is 9.92. The van der Waals surface area contributed by atoms with Gasteiger partial charge in [-0.25, -0.2) is 0 Å². The van der Waals surface area contributed by atoms with Crippen LogP contribution in [0.2, 0.25) is 0 Å². The first-order valence-corrected chi connectivity index (χ1v) is 7.70. The number of rotatable bonds is 2. The van der Waals surface area contributed by atoms with Crippen LogP contribution in [0, 0.1) is 0 Å². The van der Waals surface area contributed by atoms with Gasteiger partial charge in [-0.05, 0) is 35.1 Å². The molecule has 1 aliphatic carbocycles. The molecule has 5 nitrogen and oxygen atoms in total. The Morgan fingerprint density at radius 2 is 2.00 bits per heavy atom. The average Bonchev–Trinajstić information content (AvgIpc) is 2.94. The molecule has 5 heteroatoms. The second kappa shape index (κ2) is 5.28. The van der Waals surface area contributed by atoms with E-state index in [0.717, 1.165) is 39.8 Å². The van der Waals surface area contributed by atoms with E-state index < -0.39 is 5.91 Å². The minimum absolute atomic E-state index is 0.208. The molecule has 0 bridgehead atoms. The molecule has 0 atom stereocenters. The number of aryl methyl sites for hydroxylation is 1. The number of ether oxygens (including phenoxy) is 1. The SMILES string of the molecule is NC(=O)c1ncc(-c2ccc3c(c2)CCC3=O)c2c1CCOC2. The van der Waals surface area contributed by atoms with E-state index >= 15 is 0 Å². The summed E-state index contributed by atoms with van der Waals surface area (Å²) in [6.07, 6.45) is 3.69. The lowest BCUT2D eigenvalue weighted by Gasteiger charge is -2.21. The number of Topliss-reactive ketones (excluding diaryl/α,β-unsaturated/α-hetero) is 1. The molecule has 0 unspecified atom stereocenters. The molecule has 2 heterocycles. The summed E-state index contributed by atoms with van der Waals surface area (Å²) < 4.78 is 5.57. The van der Waals surface area contributed by atoms with Crippen molar-refractivity contribution in [2.24, 2.45) is 5.73 Å². The van der Waals surface area contributed by atoms with E-state index in [1.165, 1.54) is 0 Å². The maximum atomic E-state index is 11.8. The number of aromatic nitrogens is 1. The first-order chi connectivity index (χ1) is 11.1. The number of fused-ring (bicyclic) bond motifs is 2. The van der Waals surface area contributed by atoms with E-state index in [2.05, 4.69) is 11.1 Å². The van der Waals surface area contributed by atoms with Gasteiger partial charge in [0.15, 0.2) is 5.78 Å². The van der Waals surface area contributed by atoms with Crippen LogP contribution >= 0.6 is 0 Å². The molecule has 2 aromatic rings. The summed E-state index contributed by atoms with van der Waals surface area (Å²) in [6, 6.07) is 5.88. The van der Waals surface area contributed by atoms with Gasteiger partial charge in [0.05, 0.1) is 13.2 Å². The van der Waals surface area contributed by atoms with Crippen LogP contribution in [0.25, 0.3) is 11.1 Å². The maximum absolute atomic E-state index is 11.8. The fraction of sp³-hybridized carbons (Fsp3) is 0.278. The number of primary amides is 1. The number of carbonyl (C=O) groups excluding carboxylic acids is 2. The maximum Gasteiger partial charge on any atom is 0.267 e. The lowest BCUT2D eigenvalue weighted by molar-refractivity contribution is 0.0975. The van der Waals surface area contributed by atoms with Crippen LogP contribution in [0.5, 0.6) is 0 Å². The number of benzene rings is 1. The van der Waals surface area contributed by atoms with E-state index in [1.54, 1.807) is 6.20 Å². The average molecular weight is 308 g/mol. The zero-order valence-electron chi connectivity index (χ0n) is 12.6. The first-order valence-electron chi connectivity index (χ1n) is 7.70. The highest BCUT2D eigenvalue weighted by Gasteiger charge is 2.24. The van der Waals surface area contributed by atoms with Gasteiger partial charge >= 0.3 is 0 Å². The molecule has 2 aliphatic rings. The quantitative estimate of drug-likeness (QED) is 0.920. The van der Waals surface area contributed by atoms with Crippen molar-refractivity contribution < 1.29 is 14.3 Å². The summed E-state index contributed by atoms with van der Waals surface area (Å²) in [7, 11) is 0. The Balaban J connectivity index is 1.87. The number of hydrogen-bond acceptors (Lipinski definition) is 4. The summed E-state index contributed by atoms with van der Waals surface area (Å²) in [5.41, 5.74) is 11.5. The monoisotopic (exact) mass is 308 g/mol. The predicted molar refractivity (Wildman–Crippen MR) is 84.2 cm³/mol. The summed E-state index contributed by atoms with van der Waals surface area (Å²) in [6.45, 7) is 1.01. The minimum Gasteiger partial charge on any atom is -0.376 e. The Morgan fingerprint density at radius 3 is 2.83 bits per heavy atom. The third kappa shape index (κ3) is 2.24. The van der Waals surface area contributed by atoms with Gasteiger partial charge in [0.2, 0.25) is 0 Å². The van der Waals surface area contributed by atoms with E-state index in [1.807, 2.05) is 12.1 Å². The molecule has 23 heavy (non-hydrogen) atoms. The molecule has 1 aromatic heterocycles. The van der Waals surface area contributed by atoms with Crippen molar-refractivity contribution in [2.75, 3.05) is 6.61 Å². The second-order valence-electron chi connectivity index (χ2n) is 5.94. The van der Waals surface area contributed by atoms with E-state index in [-0.39, 0.29) is 5.78 Å². The van der Waals surface area contributed by atoms with Gasteiger partial charge in [-0.3, -0.25) is 14.6 Å². The molecule has 1 aromatic carbocycles. The Bertz CT molecular complexity index is 842. The van der Waals surface area contributed by atoms with Crippen molar-refractivity contribution in [3.63, 3.8) is 0 Å². The van der Waals surface area contributed by atoms with Crippen LogP contribution in [-0.4, -0.2) is 23.3 Å². The van der Waals surface area contributed by atoms with Crippen molar-refractivity contribution in [3.8, 4) is 11.1 Å². The fourth-order valence-corrected chi connectivity index (χ4v) is 3.46.